The molecule has 1 heterocycles. The summed E-state index contributed by atoms with van der Waals surface area (Å²) in [7, 11) is 0. The fourth-order valence-electron chi connectivity index (χ4n) is 4.14. The van der Waals surface area contributed by atoms with Gasteiger partial charge in [-0.2, -0.15) is 0 Å². The monoisotopic (exact) mass is 446 g/mol. The fraction of sp³-hybridized carbons (Fsp3) is 0.148. The maximum atomic E-state index is 14.2. The van der Waals surface area contributed by atoms with Crippen molar-refractivity contribution in [3.8, 4) is 11.1 Å². The summed E-state index contributed by atoms with van der Waals surface area (Å²) in [5.74, 6) is -2.02. The Hall–Kier alpha value is -3.93. The van der Waals surface area contributed by atoms with E-state index in [1.54, 1.807) is 18.2 Å². The van der Waals surface area contributed by atoms with Crippen LogP contribution in [0.3, 0.4) is 0 Å². The maximum Gasteiger partial charge on any atom is 0.335 e. The van der Waals surface area contributed by atoms with Crippen molar-refractivity contribution in [2.45, 2.75) is 20.3 Å². The van der Waals surface area contributed by atoms with E-state index in [9.17, 15) is 13.6 Å². The number of carboxylic acids is 1. The number of benzene rings is 3. The van der Waals surface area contributed by atoms with Crippen LogP contribution in [0.15, 0.2) is 61.2 Å². The van der Waals surface area contributed by atoms with Crippen LogP contribution < -0.4 is 5.32 Å². The molecule has 3 aromatic carbocycles. The van der Waals surface area contributed by atoms with E-state index in [1.165, 1.54) is 18.2 Å². The summed E-state index contributed by atoms with van der Waals surface area (Å²) in [5.41, 5.74) is 6.31. The summed E-state index contributed by atoms with van der Waals surface area (Å²) in [6, 6.07) is 14.3. The molecule has 168 valence electrons. The Kier molecular flexibility index (Phi) is 6.01. The molecule has 4 rings (SSSR count). The van der Waals surface area contributed by atoms with Gasteiger partial charge in [0.2, 0.25) is 0 Å². The van der Waals surface area contributed by atoms with E-state index >= 15 is 0 Å². The van der Waals surface area contributed by atoms with Gasteiger partial charge < -0.3 is 15.4 Å². The van der Waals surface area contributed by atoms with E-state index in [0.717, 1.165) is 39.5 Å². The number of halogens is 2. The van der Waals surface area contributed by atoms with E-state index in [2.05, 4.69) is 16.9 Å². The van der Waals surface area contributed by atoms with Gasteiger partial charge in [-0.15, -0.1) is 0 Å². The van der Waals surface area contributed by atoms with E-state index in [4.69, 9.17) is 5.11 Å². The zero-order valence-electron chi connectivity index (χ0n) is 18.4. The topological polar surface area (TPSA) is 65.1 Å². The maximum absolute atomic E-state index is 14.2. The lowest BCUT2D eigenvalue weighted by Crippen LogP contribution is -2.15. The van der Waals surface area contributed by atoms with Crippen LogP contribution in [0.2, 0.25) is 0 Å². The molecule has 0 saturated heterocycles. The Morgan fingerprint density at radius 3 is 2.42 bits per heavy atom. The van der Waals surface area contributed by atoms with Crippen molar-refractivity contribution in [2.24, 2.45) is 0 Å². The highest BCUT2D eigenvalue weighted by Gasteiger charge is 2.14. The van der Waals surface area contributed by atoms with Gasteiger partial charge in [0.25, 0.3) is 0 Å². The number of aromatic amines is 1. The van der Waals surface area contributed by atoms with Gasteiger partial charge in [0.1, 0.15) is 11.6 Å². The number of aryl methyl sites for hydroxylation is 2. The lowest BCUT2D eigenvalue weighted by molar-refractivity contribution is 0.0696. The Labute approximate surface area is 190 Å². The van der Waals surface area contributed by atoms with Crippen molar-refractivity contribution in [3.63, 3.8) is 0 Å². The molecule has 33 heavy (non-hydrogen) atoms. The summed E-state index contributed by atoms with van der Waals surface area (Å²) in [5, 5.41) is 13.4. The predicted octanol–water partition coefficient (Wildman–Crippen LogP) is 6.23. The quantitative estimate of drug-likeness (QED) is 0.315. The first-order valence-electron chi connectivity index (χ1n) is 10.6. The molecule has 0 fully saturated rings. The molecule has 0 aliphatic carbocycles. The number of aromatic nitrogens is 1. The number of carboxylic acid groups (broad SMARTS) is 1. The van der Waals surface area contributed by atoms with E-state index in [-0.39, 0.29) is 11.4 Å². The minimum Gasteiger partial charge on any atom is -0.478 e. The van der Waals surface area contributed by atoms with E-state index in [0.29, 0.717) is 29.6 Å². The Morgan fingerprint density at radius 2 is 1.73 bits per heavy atom. The molecule has 1 aromatic heterocycles. The standard InChI is InChI=1S/C27H24F2N2O2/c1-15-4-9-24(29)26-25(15)23(17(3)31-26)10-11-30-16(2)18-5-7-19(8-6-18)20-12-21(27(32)33)14-22(28)13-20/h4-9,12-14,30-31H,2,10-11H2,1,3H3,(H,32,33). The van der Waals surface area contributed by atoms with Crippen LogP contribution in [0, 0.1) is 25.5 Å². The highest BCUT2D eigenvalue weighted by Crippen LogP contribution is 2.28. The summed E-state index contributed by atoms with van der Waals surface area (Å²) in [6.45, 7) is 8.64. The molecular weight excluding hydrogens is 422 g/mol. The first kappa shape index (κ1) is 22.3. The minimum atomic E-state index is -1.17. The van der Waals surface area contributed by atoms with Crippen LogP contribution >= 0.6 is 0 Å². The average molecular weight is 446 g/mol. The molecule has 6 heteroatoms. The molecule has 0 aliphatic heterocycles. The number of fused-ring (bicyclic) bond motifs is 1. The van der Waals surface area contributed by atoms with Gasteiger partial charge in [-0.25, -0.2) is 13.6 Å². The van der Waals surface area contributed by atoms with Crippen molar-refractivity contribution >= 4 is 22.6 Å². The zero-order chi connectivity index (χ0) is 23.7. The molecule has 0 unspecified atom stereocenters. The van der Waals surface area contributed by atoms with Crippen LogP contribution in [0.1, 0.15) is 32.7 Å². The van der Waals surface area contributed by atoms with E-state index in [1.807, 2.05) is 26.0 Å². The van der Waals surface area contributed by atoms with Crippen molar-refractivity contribution in [2.75, 3.05) is 6.54 Å². The van der Waals surface area contributed by atoms with Gasteiger partial charge in [0, 0.05) is 23.3 Å². The number of aromatic carboxylic acids is 1. The average Bonchev–Trinajstić information content (AvgIpc) is 3.13. The minimum absolute atomic E-state index is 0.0946. The van der Waals surface area contributed by atoms with Crippen molar-refractivity contribution in [1.82, 2.24) is 10.3 Å². The largest absolute Gasteiger partial charge is 0.478 e. The third-order valence-corrected chi connectivity index (χ3v) is 5.85. The summed E-state index contributed by atoms with van der Waals surface area (Å²) in [6.07, 6.45) is 0.703. The number of H-pyrrole nitrogens is 1. The summed E-state index contributed by atoms with van der Waals surface area (Å²) < 4.78 is 28.0. The number of nitrogens with one attached hydrogen (secondary N) is 2. The number of hydrogen-bond acceptors (Lipinski definition) is 2. The van der Waals surface area contributed by atoms with Crippen LogP contribution in [0.4, 0.5) is 8.78 Å². The number of rotatable bonds is 7. The molecule has 0 saturated carbocycles. The van der Waals surface area contributed by atoms with Crippen LogP contribution in [-0.2, 0) is 6.42 Å². The second-order valence-corrected chi connectivity index (χ2v) is 8.11. The molecule has 4 aromatic rings. The Balaban J connectivity index is 1.45. The SMILES string of the molecule is C=C(NCCc1c(C)[nH]c2c(F)ccc(C)c12)c1ccc(-c2cc(F)cc(C(=O)O)c2)cc1. The fourth-order valence-corrected chi connectivity index (χ4v) is 4.14. The lowest BCUT2D eigenvalue weighted by Gasteiger charge is -2.12. The summed E-state index contributed by atoms with van der Waals surface area (Å²) in [4.78, 5) is 14.3. The third kappa shape index (κ3) is 4.51. The Bertz CT molecular complexity index is 1370. The first-order chi connectivity index (χ1) is 15.7. The molecule has 0 aliphatic rings. The third-order valence-electron chi connectivity index (χ3n) is 5.85. The first-order valence-corrected chi connectivity index (χ1v) is 10.6. The van der Waals surface area contributed by atoms with E-state index < -0.39 is 11.8 Å². The normalized spacial score (nSPS) is 11.0. The highest BCUT2D eigenvalue weighted by molar-refractivity contribution is 5.90. The molecule has 0 amide bonds. The second-order valence-electron chi connectivity index (χ2n) is 8.11. The van der Waals surface area contributed by atoms with Gasteiger partial charge in [-0.1, -0.05) is 36.9 Å². The predicted molar refractivity (Wildman–Crippen MR) is 127 cm³/mol. The van der Waals surface area contributed by atoms with Gasteiger partial charge >= 0.3 is 5.97 Å². The number of hydrogen-bond donors (Lipinski definition) is 3. The molecule has 4 nitrogen and oxygen atoms in total. The van der Waals surface area contributed by atoms with Gasteiger partial charge in [-0.05, 0) is 72.4 Å². The Morgan fingerprint density at radius 1 is 1.00 bits per heavy atom. The number of carbonyl (C=O) groups is 1. The second kappa shape index (κ2) is 8.90. The van der Waals surface area contributed by atoms with Crippen molar-refractivity contribution < 1.29 is 18.7 Å². The van der Waals surface area contributed by atoms with Crippen LogP contribution in [0.25, 0.3) is 27.7 Å². The van der Waals surface area contributed by atoms with Crippen LogP contribution in [0.5, 0.6) is 0 Å². The highest BCUT2D eigenvalue weighted by atomic mass is 19.1. The molecule has 0 spiro atoms. The van der Waals surface area contributed by atoms with Crippen LogP contribution in [-0.4, -0.2) is 22.6 Å². The lowest BCUT2D eigenvalue weighted by atomic mass is 10.0. The van der Waals surface area contributed by atoms with Crippen molar-refractivity contribution in [3.05, 3.63) is 101 Å². The molecule has 3 N–H and O–H groups in total. The molecular formula is C27H24F2N2O2. The van der Waals surface area contributed by atoms with Gasteiger partial charge in [0.15, 0.2) is 0 Å². The van der Waals surface area contributed by atoms with Crippen molar-refractivity contribution in [1.29, 1.82) is 0 Å². The molecule has 0 radical (unpaired) electrons. The van der Waals surface area contributed by atoms with Gasteiger partial charge in [0.05, 0.1) is 11.1 Å². The smallest absolute Gasteiger partial charge is 0.335 e. The van der Waals surface area contributed by atoms with Gasteiger partial charge in [-0.3, -0.25) is 0 Å². The molecule has 0 atom stereocenters. The summed E-state index contributed by atoms with van der Waals surface area (Å²) >= 11 is 0. The molecule has 0 bridgehead atoms. The zero-order valence-corrected chi connectivity index (χ0v) is 18.4.